The van der Waals surface area contributed by atoms with E-state index in [1.807, 2.05) is 0 Å². The lowest BCUT2D eigenvalue weighted by Crippen LogP contribution is -2.08. The van der Waals surface area contributed by atoms with E-state index in [0.717, 1.165) is 6.07 Å². The molecule has 0 atom stereocenters. The van der Waals surface area contributed by atoms with Gasteiger partial charge in [-0.15, -0.1) is 0 Å². The van der Waals surface area contributed by atoms with Crippen LogP contribution >= 0.6 is 31.9 Å². The third kappa shape index (κ3) is 3.90. The number of nitrogens with zero attached hydrogens (tertiary/aromatic N) is 1. The summed E-state index contributed by atoms with van der Waals surface area (Å²) < 4.78 is 25.9. The number of hydrogen-bond donors (Lipinski definition) is 1. The lowest BCUT2D eigenvalue weighted by atomic mass is 10.2. The van der Waals surface area contributed by atoms with Crippen LogP contribution < -0.4 is 0 Å². The first-order valence-electron chi connectivity index (χ1n) is 5.64. The first-order chi connectivity index (χ1) is 9.79. The summed E-state index contributed by atoms with van der Waals surface area (Å²) in [6, 6.07) is 5.55. The minimum absolute atomic E-state index is 0.0534. The van der Waals surface area contributed by atoms with Crippen molar-refractivity contribution in [3.8, 4) is 0 Å². The molecule has 2 rings (SSSR count). The molecule has 1 N–H and O–H groups in total. The Balaban J connectivity index is 2.44. The number of pyridine rings is 1. The molecular formula is C13H9Br2NO4S. The van der Waals surface area contributed by atoms with Crippen LogP contribution in [0.3, 0.4) is 0 Å². The van der Waals surface area contributed by atoms with Crippen LogP contribution in [-0.4, -0.2) is 24.5 Å². The Morgan fingerprint density at radius 3 is 2.52 bits per heavy atom. The minimum atomic E-state index is -3.69. The van der Waals surface area contributed by atoms with Gasteiger partial charge in [-0.1, -0.05) is 0 Å². The Morgan fingerprint density at radius 1 is 1.19 bits per heavy atom. The van der Waals surface area contributed by atoms with E-state index in [1.165, 1.54) is 18.3 Å². The zero-order chi connectivity index (χ0) is 15.6. The molecule has 1 aromatic carbocycles. The van der Waals surface area contributed by atoms with Crippen LogP contribution in [0.2, 0.25) is 0 Å². The van der Waals surface area contributed by atoms with Gasteiger partial charge in [0.05, 0.1) is 16.2 Å². The van der Waals surface area contributed by atoms with E-state index < -0.39 is 15.8 Å². The van der Waals surface area contributed by atoms with Gasteiger partial charge in [0.1, 0.15) is 0 Å². The predicted octanol–water partition coefficient (Wildman–Crippen LogP) is 3.28. The van der Waals surface area contributed by atoms with Crippen LogP contribution in [0.25, 0.3) is 0 Å². The summed E-state index contributed by atoms with van der Waals surface area (Å²) in [7, 11) is -3.69. The van der Waals surface area contributed by atoms with Gasteiger partial charge in [-0.05, 0) is 61.7 Å². The number of hydrogen-bond acceptors (Lipinski definition) is 4. The van der Waals surface area contributed by atoms with Crippen molar-refractivity contribution in [1.82, 2.24) is 4.98 Å². The van der Waals surface area contributed by atoms with E-state index in [2.05, 4.69) is 36.8 Å². The fourth-order valence-corrected chi connectivity index (χ4v) is 4.53. The second-order valence-corrected chi connectivity index (χ2v) is 7.95. The lowest BCUT2D eigenvalue weighted by molar-refractivity contribution is 0.0696. The smallest absolute Gasteiger partial charge is 0.335 e. The average molecular weight is 435 g/mol. The topological polar surface area (TPSA) is 84.3 Å². The Bertz CT molecular complexity index is 806. The summed E-state index contributed by atoms with van der Waals surface area (Å²) in [6.45, 7) is 0. The van der Waals surface area contributed by atoms with Crippen LogP contribution in [0.1, 0.15) is 15.9 Å². The average Bonchev–Trinajstić information content (AvgIpc) is 2.38. The number of carboxylic acid groups (broad SMARTS) is 1. The Kier molecular flexibility index (Phi) is 4.80. The van der Waals surface area contributed by atoms with Crippen molar-refractivity contribution in [2.24, 2.45) is 0 Å². The second kappa shape index (κ2) is 6.25. The molecule has 1 aromatic heterocycles. The maximum Gasteiger partial charge on any atom is 0.335 e. The highest BCUT2D eigenvalue weighted by atomic mass is 79.9. The third-order valence-electron chi connectivity index (χ3n) is 2.63. The van der Waals surface area contributed by atoms with Gasteiger partial charge in [-0.2, -0.15) is 0 Å². The summed E-state index contributed by atoms with van der Waals surface area (Å²) in [6.07, 6.45) is 3.01. The Labute approximate surface area is 138 Å². The maximum atomic E-state index is 12.4. The van der Waals surface area contributed by atoms with Gasteiger partial charge in [0.25, 0.3) is 0 Å². The summed E-state index contributed by atoms with van der Waals surface area (Å²) in [4.78, 5) is 14.8. The molecule has 0 unspecified atom stereocenters. The SMILES string of the molecule is O=C(O)c1ccc(Br)c(S(=O)(=O)Cc2cncc(Br)c2)c1. The molecule has 1 heterocycles. The van der Waals surface area contributed by atoms with E-state index in [4.69, 9.17) is 5.11 Å². The molecule has 0 bridgehead atoms. The molecule has 0 aliphatic carbocycles. The summed E-state index contributed by atoms with van der Waals surface area (Å²) in [5.41, 5.74) is 0.432. The van der Waals surface area contributed by atoms with Crippen molar-refractivity contribution in [2.45, 2.75) is 10.6 Å². The molecule has 21 heavy (non-hydrogen) atoms. The zero-order valence-electron chi connectivity index (χ0n) is 10.5. The maximum absolute atomic E-state index is 12.4. The molecule has 8 heteroatoms. The fraction of sp³-hybridized carbons (Fsp3) is 0.0769. The van der Waals surface area contributed by atoms with Crippen molar-refractivity contribution in [3.05, 3.63) is 56.7 Å². The highest BCUT2D eigenvalue weighted by Gasteiger charge is 2.20. The fourth-order valence-electron chi connectivity index (χ4n) is 1.71. The van der Waals surface area contributed by atoms with Crippen molar-refractivity contribution in [3.63, 3.8) is 0 Å². The quantitative estimate of drug-likeness (QED) is 0.798. The predicted molar refractivity (Wildman–Crippen MR) is 83.9 cm³/mol. The van der Waals surface area contributed by atoms with Gasteiger partial charge in [-0.25, -0.2) is 13.2 Å². The number of halogens is 2. The monoisotopic (exact) mass is 433 g/mol. The molecule has 0 aliphatic heterocycles. The first-order valence-corrected chi connectivity index (χ1v) is 8.88. The van der Waals surface area contributed by atoms with Crippen molar-refractivity contribution in [2.75, 3.05) is 0 Å². The number of carboxylic acids is 1. The summed E-state index contributed by atoms with van der Waals surface area (Å²) >= 11 is 6.37. The number of aromatic nitrogens is 1. The van der Waals surface area contributed by atoms with Crippen molar-refractivity contribution in [1.29, 1.82) is 0 Å². The van der Waals surface area contributed by atoms with Gasteiger partial charge in [0, 0.05) is 21.3 Å². The molecule has 2 aromatic rings. The number of benzene rings is 1. The van der Waals surface area contributed by atoms with Gasteiger partial charge in [0.2, 0.25) is 0 Å². The number of sulfone groups is 1. The molecule has 5 nitrogen and oxygen atoms in total. The van der Waals surface area contributed by atoms with Crippen LogP contribution in [-0.2, 0) is 15.6 Å². The van der Waals surface area contributed by atoms with Gasteiger partial charge < -0.3 is 5.11 Å². The van der Waals surface area contributed by atoms with E-state index in [9.17, 15) is 13.2 Å². The van der Waals surface area contributed by atoms with Crippen molar-refractivity contribution >= 4 is 47.7 Å². The van der Waals surface area contributed by atoms with E-state index >= 15 is 0 Å². The molecular weight excluding hydrogens is 426 g/mol. The number of carbonyl (C=O) groups is 1. The largest absolute Gasteiger partial charge is 0.478 e. The lowest BCUT2D eigenvalue weighted by Gasteiger charge is -2.08. The van der Waals surface area contributed by atoms with Crippen LogP contribution in [0.5, 0.6) is 0 Å². The van der Waals surface area contributed by atoms with Crippen LogP contribution in [0.15, 0.2) is 50.5 Å². The normalized spacial score (nSPS) is 11.3. The Hall–Kier alpha value is -1.25. The van der Waals surface area contributed by atoms with E-state index in [1.54, 1.807) is 12.3 Å². The van der Waals surface area contributed by atoms with Gasteiger partial charge >= 0.3 is 5.97 Å². The first kappa shape index (κ1) is 16.1. The van der Waals surface area contributed by atoms with Gasteiger partial charge in [-0.3, -0.25) is 4.98 Å². The molecule has 110 valence electrons. The molecule has 0 radical (unpaired) electrons. The van der Waals surface area contributed by atoms with Crippen molar-refractivity contribution < 1.29 is 18.3 Å². The highest BCUT2D eigenvalue weighted by Crippen LogP contribution is 2.26. The van der Waals surface area contributed by atoms with Gasteiger partial charge in [0.15, 0.2) is 9.84 Å². The molecule has 0 fully saturated rings. The van der Waals surface area contributed by atoms with Crippen LogP contribution in [0, 0.1) is 0 Å². The molecule has 0 saturated heterocycles. The van der Waals surface area contributed by atoms with E-state index in [0.29, 0.717) is 14.5 Å². The summed E-state index contributed by atoms with van der Waals surface area (Å²) in [5, 5.41) is 8.97. The number of aromatic carboxylic acids is 1. The standard InChI is InChI=1S/C13H9Br2NO4S/c14-10-3-8(5-16-6-10)7-21(19,20)12-4-9(13(17)18)1-2-11(12)15/h1-6H,7H2,(H,17,18). The second-order valence-electron chi connectivity index (χ2n) is 4.22. The molecule has 0 aliphatic rings. The van der Waals surface area contributed by atoms with Crippen LogP contribution in [0.4, 0.5) is 0 Å². The molecule has 0 amide bonds. The highest BCUT2D eigenvalue weighted by molar-refractivity contribution is 9.10. The zero-order valence-corrected chi connectivity index (χ0v) is 14.4. The van der Waals surface area contributed by atoms with E-state index in [-0.39, 0.29) is 16.2 Å². The Morgan fingerprint density at radius 2 is 1.90 bits per heavy atom. The third-order valence-corrected chi connectivity index (χ3v) is 5.74. The molecule has 0 saturated carbocycles. The number of rotatable bonds is 4. The minimum Gasteiger partial charge on any atom is -0.478 e. The summed E-state index contributed by atoms with van der Waals surface area (Å²) in [5.74, 6) is -1.44. The molecule has 0 spiro atoms.